The van der Waals surface area contributed by atoms with E-state index in [1.165, 1.54) is 6.92 Å². The summed E-state index contributed by atoms with van der Waals surface area (Å²) in [7, 11) is 0. The van der Waals surface area contributed by atoms with Gasteiger partial charge >= 0.3 is 11.9 Å². The van der Waals surface area contributed by atoms with Crippen LogP contribution in [-0.2, 0) is 4.79 Å². The molecule has 1 aliphatic heterocycles. The van der Waals surface area contributed by atoms with Crippen molar-refractivity contribution >= 4 is 28.5 Å². The van der Waals surface area contributed by atoms with E-state index in [4.69, 9.17) is 11.6 Å². The van der Waals surface area contributed by atoms with Crippen LogP contribution in [0, 0.1) is 10.1 Å². The number of nitro groups is 1. The Morgan fingerprint density at radius 2 is 2.17 bits per heavy atom. The SMILES string of the molecule is CC1=NC(Cl)=NC(=O)[C@H]1[N+](=O)[O-]. The fraction of sp³-hybridized carbons (Fsp3) is 0.400. The average molecular weight is 190 g/mol. The number of aliphatic imine (C=N–C) groups is 2. The fourth-order valence-corrected chi connectivity index (χ4v) is 1.02. The summed E-state index contributed by atoms with van der Waals surface area (Å²) in [6.45, 7) is 1.36. The van der Waals surface area contributed by atoms with Crippen LogP contribution in [0.5, 0.6) is 0 Å². The van der Waals surface area contributed by atoms with Gasteiger partial charge in [-0.05, 0) is 18.5 Å². The van der Waals surface area contributed by atoms with Crippen molar-refractivity contribution < 1.29 is 9.72 Å². The Balaban J connectivity index is 3.03. The fourth-order valence-electron chi connectivity index (χ4n) is 0.805. The van der Waals surface area contributed by atoms with Crippen LogP contribution in [0.25, 0.3) is 0 Å². The van der Waals surface area contributed by atoms with Crippen molar-refractivity contribution in [3.05, 3.63) is 10.1 Å². The van der Waals surface area contributed by atoms with Gasteiger partial charge in [0.1, 0.15) is 5.71 Å². The number of nitrogens with zero attached hydrogens (tertiary/aromatic N) is 3. The van der Waals surface area contributed by atoms with E-state index >= 15 is 0 Å². The number of carbonyl (C=O) groups excluding carboxylic acids is 1. The number of amides is 1. The first-order valence-electron chi connectivity index (χ1n) is 2.99. The van der Waals surface area contributed by atoms with E-state index < -0.39 is 16.9 Å². The molecule has 0 aliphatic carbocycles. The minimum absolute atomic E-state index is 0.0602. The van der Waals surface area contributed by atoms with Crippen molar-refractivity contribution in [2.75, 3.05) is 0 Å². The van der Waals surface area contributed by atoms with Gasteiger partial charge in [0.05, 0.1) is 0 Å². The van der Waals surface area contributed by atoms with E-state index in [1.54, 1.807) is 0 Å². The lowest BCUT2D eigenvalue weighted by Crippen LogP contribution is -2.38. The van der Waals surface area contributed by atoms with Crippen LogP contribution in [0.3, 0.4) is 0 Å². The van der Waals surface area contributed by atoms with Gasteiger partial charge in [0.25, 0.3) is 0 Å². The molecule has 1 amide bonds. The molecular weight excluding hydrogens is 186 g/mol. The summed E-state index contributed by atoms with van der Waals surface area (Å²) < 4.78 is 0. The molecule has 0 aromatic carbocycles. The van der Waals surface area contributed by atoms with Gasteiger partial charge in [-0.1, -0.05) is 0 Å². The summed E-state index contributed by atoms with van der Waals surface area (Å²) in [6.07, 6.45) is 0. The van der Waals surface area contributed by atoms with Gasteiger partial charge in [0, 0.05) is 4.92 Å². The monoisotopic (exact) mass is 189 g/mol. The second-order valence-corrected chi connectivity index (χ2v) is 2.50. The lowest BCUT2D eigenvalue weighted by atomic mass is 10.2. The summed E-state index contributed by atoms with van der Waals surface area (Å²) in [5.74, 6) is -0.877. The molecular formula is C5H4ClN3O3. The summed E-state index contributed by atoms with van der Waals surface area (Å²) in [5.41, 5.74) is 0.0602. The number of rotatable bonds is 1. The number of hydrogen-bond donors (Lipinski definition) is 0. The molecule has 0 saturated carbocycles. The van der Waals surface area contributed by atoms with Gasteiger partial charge in [0.15, 0.2) is 0 Å². The first-order chi connectivity index (χ1) is 5.52. The third kappa shape index (κ3) is 1.48. The highest BCUT2D eigenvalue weighted by Crippen LogP contribution is 2.06. The molecule has 0 bridgehead atoms. The van der Waals surface area contributed by atoms with Crippen LogP contribution in [0.2, 0.25) is 0 Å². The van der Waals surface area contributed by atoms with Crippen LogP contribution in [0.15, 0.2) is 9.98 Å². The lowest BCUT2D eigenvalue weighted by molar-refractivity contribution is -0.489. The quantitative estimate of drug-likeness (QED) is 0.336. The Labute approximate surface area is 72.1 Å². The van der Waals surface area contributed by atoms with Gasteiger partial charge in [-0.3, -0.25) is 14.9 Å². The smallest absolute Gasteiger partial charge is 0.264 e. The van der Waals surface area contributed by atoms with Crippen LogP contribution >= 0.6 is 11.6 Å². The summed E-state index contributed by atoms with van der Waals surface area (Å²) >= 11 is 5.30. The molecule has 0 N–H and O–H groups in total. The minimum Gasteiger partial charge on any atom is -0.264 e. The lowest BCUT2D eigenvalue weighted by Gasteiger charge is -2.08. The highest BCUT2D eigenvalue weighted by Gasteiger charge is 2.35. The predicted molar refractivity (Wildman–Crippen MR) is 42.2 cm³/mol. The van der Waals surface area contributed by atoms with Gasteiger partial charge in [0.2, 0.25) is 5.29 Å². The van der Waals surface area contributed by atoms with E-state index in [2.05, 4.69) is 9.98 Å². The van der Waals surface area contributed by atoms with Gasteiger partial charge < -0.3 is 0 Å². The summed E-state index contributed by atoms with van der Waals surface area (Å²) in [4.78, 5) is 27.0. The standard InChI is InChI=1S/C5H4ClN3O3/c1-2-3(9(11)12)4(10)8-5(6)7-2/h3H,1H3/t3-/m0/s1. The Kier molecular flexibility index (Phi) is 2.18. The van der Waals surface area contributed by atoms with Crippen LogP contribution in [-0.4, -0.2) is 27.9 Å². The normalized spacial score (nSPS) is 23.2. The molecule has 0 saturated heterocycles. The molecule has 0 aromatic heterocycles. The Bertz CT molecular complexity index is 309. The predicted octanol–water partition coefficient (Wildman–Crippen LogP) is 0.228. The van der Waals surface area contributed by atoms with E-state index in [0.717, 1.165) is 0 Å². The molecule has 0 radical (unpaired) electrons. The largest absolute Gasteiger partial charge is 0.329 e. The van der Waals surface area contributed by atoms with Crippen molar-refractivity contribution in [2.45, 2.75) is 13.0 Å². The third-order valence-corrected chi connectivity index (χ3v) is 1.48. The highest BCUT2D eigenvalue weighted by molar-refractivity contribution is 6.67. The topological polar surface area (TPSA) is 84.9 Å². The Hall–Kier alpha value is -1.30. The molecule has 0 aromatic rings. The van der Waals surface area contributed by atoms with E-state index in [1.807, 2.05) is 0 Å². The second kappa shape index (κ2) is 2.98. The zero-order valence-corrected chi connectivity index (χ0v) is 6.78. The van der Waals surface area contributed by atoms with E-state index in [-0.39, 0.29) is 11.0 Å². The van der Waals surface area contributed by atoms with E-state index in [9.17, 15) is 14.9 Å². The van der Waals surface area contributed by atoms with Crippen molar-refractivity contribution in [2.24, 2.45) is 9.98 Å². The molecule has 1 atom stereocenters. The molecule has 0 fully saturated rings. The van der Waals surface area contributed by atoms with Crippen LogP contribution in [0.1, 0.15) is 6.92 Å². The molecule has 12 heavy (non-hydrogen) atoms. The molecule has 6 nitrogen and oxygen atoms in total. The zero-order chi connectivity index (χ0) is 9.30. The maximum absolute atomic E-state index is 10.9. The maximum atomic E-state index is 10.9. The summed E-state index contributed by atoms with van der Waals surface area (Å²) in [5, 5.41) is 10.0. The molecule has 0 spiro atoms. The third-order valence-electron chi connectivity index (χ3n) is 1.31. The van der Waals surface area contributed by atoms with Gasteiger partial charge in [-0.2, -0.15) is 4.99 Å². The zero-order valence-electron chi connectivity index (χ0n) is 6.02. The van der Waals surface area contributed by atoms with Gasteiger partial charge in [-0.15, -0.1) is 0 Å². The Morgan fingerprint density at radius 3 is 2.58 bits per heavy atom. The molecule has 1 aliphatic rings. The number of carbonyl (C=O) groups is 1. The van der Waals surface area contributed by atoms with E-state index in [0.29, 0.717) is 0 Å². The van der Waals surface area contributed by atoms with Crippen molar-refractivity contribution in [1.29, 1.82) is 0 Å². The maximum Gasteiger partial charge on any atom is 0.329 e. The van der Waals surface area contributed by atoms with Crippen molar-refractivity contribution in [3.63, 3.8) is 0 Å². The molecule has 1 rings (SSSR count). The van der Waals surface area contributed by atoms with Gasteiger partial charge in [-0.25, -0.2) is 4.99 Å². The Morgan fingerprint density at radius 1 is 1.58 bits per heavy atom. The molecule has 1 heterocycles. The number of amidine groups is 1. The average Bonchev–Trinajstić information content (AvgIpc) is 1.82. The highest BCUT2D eigenvalue weighted by atomic mass is 35.5. The van der Waals surface area contributed by atoms with Crippen LogP contribution in [0.4, 0.5) is 0 Å². The molecule has 0 unspecified atom stereocenters. The molecule has 64 valence electrons. The first-order valence-corrected chi connectivity index (χ1v) is 3.37. The molecule has 7 heteroatoms. The van der Waals surface area contributed by atoms with Crippen molar-refractivity contribution in [1.82, 2.24) is 0 Å². The minimum atomic E-state index is -1.47. The van der Waals surface area contributed by atoms with Crippen molar-refractivity contribution in [3.8, 4) is 0 Å². The second-order valence-electron chi connectivity index (χ2n) is 2.16. The number of hydrogen-bond acceptors (Lipinski definition) is 4. The summed E-state index contributed by atoms with van der Waals surface area (Å²) in [6, 6.07) is -1.47. The first kappa shape index (κ1) is 8.79. The van der Waals surface area contributed by atoms with Crippen LogP contribution < -0.4 is 0 Å². The number of halogens is 1.